The molecule has 2 aromatic rings. The lowest BCUT2D eigenvalue weighted by Crippen LogP contribution is -2.50. The standard InChI is InChI=1S/C26H38N6O4S/c1-18(2)15-20(17-27)29-25(33)21-10-6-7-11-22(21)30-26(34)24-16-19-9-5-8-12-23(19)32(24)14-13-28-37(35,36)31(3)4/h5,8-9,12,16,18,20-22,28H,6-7,10-11,13-15H2,1-4H3,(H,29,33)(H,30,34). The molecule has 3 unspecified atom stereocenters. The number of aromatic nitrogens is 1. The summed E-state index contributed by atoms with van der Waals surface area (Å²) >= 11 is 0. The van der Waals surface area contributed by atoms with Gasteiger partial charge in [-0.2, -0.15) is 18.0 Å². The van der Waals surface area contributed by atoms with E-state index in [2.05, 4.69) is 21.4 Å². The molecule has 3 rings (SSSR count). The van der Waals surface area contributed by atoms with Crippen LogP contribution in [-0.4, -0.2) is 61.8 Å². The molecule has 1 aromatic carbocycles. The summed E-state index contributed by atoms with van der Waals surface area (Å²) in [6.45, 7) is 4.38. The molecule has 0 aliphatic heterocycles. The van der Waals surface area contributed by atoms with E-state index in [-0.39, 0.29) is 36.9 Å². The van der Waals surface area contributed by atoms with Gasteiger partial charge in [-0.15, -0.1) is 0 Å². The molecule has 0 saturated heterocycles. The first-order chi connectivity index (χ1) is 17.5. The highest BCUT2D eigenvalue weighted by molar-refractivity contribution is 7.87. The third-order valence-electron chi connectivity index (χ3n) is 6.74. The van der Waals surface area contributed by atoms with Gasteiger partial charge in [-0.25, -0.2) is 4.72 Å². The molecule has 0 spiro atoms. The fourth-order valence-corrected chi connectivity index (χ4v) is 5.42. The van der Waals surface area contributed by atoms with Gasteiger partial charge in [0.25, 0.3) is 16.1 Å². The lowest BCUT2D eigenvalue weighted by molar-refractivity contribution is -0.127. The van der Waals surface area contributed by atoms with Crippen LogP contribution >= 0.6 is 0 Å². The molecule has 10 nitrogen and oxygen atoms in total. The maximum Gasteiger partial charge on any atom is 0.278 e. The van der Waals surface area contributed by atoms with Crippen molar-refractivity contribution in [1.29, 1.82) is 5.26 Å². The molecule has 3 N–H and O–H groups in total. The van der Waals surface area contributed by atoms with Crippen molar-refractivity contribution in [3.63, 3.8) is 0 Å². The van der Waals surface area contributed by atoms with Crippen molar-refractivity contribution < 1.29 is 18.0 Å². The number of fused-ring (bicyclic) bond motifs is 1. The van der Waals surface area contributed by atoms with Gasteiger partial charge in [0, 0.05) is 44.1 Å². The summed E-state index contributed by atoms with van der Waals surface area (Å²) < 4.78 is 29.7. The van der Waals surface area contributed by atoms with Crippen molar-refractivity contribution in [3.05, 3.63) is 36.0 Å². The van der Waals surface area contributed by atoms with Gasteiger partial charge in [0.1, 0.15) is 11.7 Å². The van der Waals surface area contributed by atoms with E-state index < -0.39 is 22.2 Å². The third-order valence-corrected chi connectivity index (χ3v) is 8.27. The van der Waals surface area contributed by atoms with Crippen LogP contribution in [0.5, 0.6) is 0 Å². The van der Waals surface area contributed by atoms with Crippen LogP contribution in [0, 0.1) is 23.2 Å². The van der Waals surface area contributed by atoms with Crippen molar-refractivity contribution in [2.45, 2.75) is 64.6 Å². The topological polar surface area (TPSA) is 136 Å². The van der Waals surface area contributed by atoms with Gasteiger partial charge in [0.05, 0.1) is 12.0 Å². The number of nitrogens with one attached hydrogen (secondary N) is 3. The Kier molecular flexibility index (Phi) is 9.70. The fraction of sp³-hybridized carbons (Fsp3) is 0.577. The number of nitrogens with zero attached hydrogens (tertiary/aromatic N) is 3. The highest BCUT2D eigenvalue weighted by Gasteiger charge is 2.34. The van der Waals surface area contributed by atoms with Gasteiger partial charge in [-0.3, -0.25) is 9.59 Å². The number of hydrogen-bond acceptors (Lipinski definition) is 5. The lowest BCUT2D eigenvalue weighted by atomic mass is 9.83. The zero-order valence-electron chi connectivity index (χ0n) is 22.0. The van der Waals surface area contributed by atoms with Crippen molar-refractivity contribution in [2.24, 2.45) is 11.8 Å². The number of para-hydroxylation sites is 1. The molecule has 2 amide bonds. The zero-order chi connectivity index (χ0) is 27.2. The normalized spacial score (nSPS) is 19.1. The zero-order valence-corrected chi connectivity index (χ0v) is 22.8. The second-order valence-corrected chi connectivity index (χ2v) is 12.2. The van der Waals surface area contributed by atoms with E-state index in [1.807, 2.05) is 38.1 Å². The van der Waals surface area contributed by atoms with Gasteiger partial charge >= 0.3 is 0 Å². The van der Waals surface area contributed by atoms with Crippen LogP contribution in [-0.2, 0) is 21.5 Å². The molecular formula is C26H38N6O4S. The molecule has 1 heterocycles. The molecule has 0 bridgehead atoms. The number of amides is 2. The van der Waals surface area contributed by atoms with Crippen LogP contribution in [0.4, 0.5) is 0 Å². The second-order valence-electron chi connectivity index (χ2n) is 10.2. The molecule has 3 atom stereocenters. The van der Waals surface area contributed by atoms with Crippen LogP contribution in [0.1, 0.15) is 56.4 Å². The third kappa shape index (κ3) is 7.31. The minimum atomic E-state index is -3.60. The average Bonchev–Trinajstić information content (AvgIpc) is 3.22. The van der Waals surface area contributed by atoms with Gasteiger partial charge < -0.3 is 15.2 Å². The Morgan fingerprint density at radius 1 is 1.19 bits per heavy atom. The quantitative estimate of drug-likeness (QED) is 0.410. The summed E-state index contributed by atoms with van der Waals surface area (Å²) in [5, 5.41) is 16.3. The van der Waals surface area contributed by atoms with Gasteiger partial charge in [-0.1, -0.05) is 44.9 Å². The Balaban J connectivity index is 1.78. The van der Waals surface area contributed by atoms with Gasteiger partial charge in [0.15, 0.2) is 0 Å². The summed E-state index contributed by atoms with van der Waals surface area (Å²) in [6, 6.07) is 10.6. The largest absolute Gasteiger partial charge is 0.347 e. The van der Waals surface area contributed by atoms with Crippen LogP contribution in [0.15, 0.2) is 30.3 Å². The summed E-state index contributed by atoms with van der Waals surface area (Å²) in [5.74, 6) is -0.646. The Labute approximate surface area is 219 Å². The Bertz CT molecular complexity index is 1250. The molecule has 1 fully saturated rings. The van der Waals surface area contributed by atoms with Crippen LogP contribution in [0.3, 0.4) is 0 Å². The molecule has 1 aromatic heterocycles. The minimum Gasteiger partial charge on any atom is -0.347 e. The second kappa shape index (κ2) is 12.5. The van der Waals surface area contributed by atoms with E-state index >= 15 is 0 Å². The number of hydrogen-bond donors (Lipinski definition) is 3. The first kappa shape index (κ1) is 28.6. The molecule has 1 saturated carbocycles. The minimum absolute atomic E-state index is 0.110. The molecule has 1 aliphatic rings. The van der Waals surface area contributed by atoms with Crippen LogP contribution < -0.4 is 15.4 Å². The molecular weight excluding hydrogens is 492 g/mol. The SMILES string of the molecule is CC(C)CC(C#N)NC(=O)C1CCCCC1NC(=O)c1cc2ccccc2n1CCNS(=O)(=O)N(C)C. The Morgan fingerprint density at radius 2 is 1.89 bits per heavy atom. The highest BCUT2D eigenvalue weighted by Crippen LogP contribution is 2.26. The van der Waals surface area contributed by atoms with Crippen LogP contribution in [0.2, 0.25) is 0 Å². The van der Waals surface area contributed by atoms with E-state index in [0.29, 0.717) is 25.0 Å². The fourth-order valence-electron chi connectivity index (χ4n) is 4.81. The Hall–Kier alpha value is -2.94. The summed E-state index contributed by atoms with van der Waals surface area (Å²) in [7, 11) is -0.697. The van der Waals surface area contributed by atoms with E-state index in [1.54, 1.807) is 10.6 Å². The first-order valence-electron chi connectivity index (χ1n) is 12.8. The Morgan fingerprint density at radius 3 is 2.57 bits per heavy atom. The lowest BCUT2D eigenvalue weighted by Gasteiger charge is -2.32. The van der Waals surface area contributed by atoms with Crippen molar-refractivity contribution in [2.75, 3.05) is 20.6 Å². The van der Waals surface area contributed by atoms with Crippen molar-refractivity contribution in [1.82, 2.24) is 24.2 Å². The smallest absolute Gasteiger partial charge is 0.278 e. The van der Waals surface area contributed by atoms with E-state index in [9.17, 15) is 23.3 Å². The molecule has 1 aliphatic carbocycles. The maximum absolute atomic E-state index is 13.5. The molecule has 0 radical (unpaired) electrons. The predicted molar refractivity (Wildman–Crippen MR) is 143 cm³/mol. The predicted octanol–water partition coefficient (Wildman–Crippen LogP) is 2.38. The monoisotopic (exact) mass is 530 g/mol. The van der Waals surface area contributed by atoms with E-state index in [1.165, 1.54) is 14.1 Å². The number of benzene rings is 1. The summed E-state index contributed by atoms with van der Waals surface area (Å²) in [5.41, 5.74) is 1.23. The molecule has 11 heteroatoms. The van der Waals surface area contributed by atoms with Gasteiger partial charge in [-0.05, 0) is 37.3 Å². The van der Waals surface area contributed by atoms with Crippen molar-refractivity contribution in [3.8, 4) is 6.07 Å². The number of carbonyl (C=O) groups is 2. The molecule has 37 heavy (non-hydrogen) atoms. The van der Waals surface area contributed by atoms with Crippen molar-refractivity contribution >= 4 is 32.9 Å². The molecule has 202 valence electrons. The summed E-state index contributed by atoms with van der Waals surface area (Å²) in [6.07, 6.45) is 3.68. The highest BCUT2D eigenvalue weighted by atomic mass is 32.2. The van der Waals surface area contributed by atoms with Crippen LogP contribution in [0.25, 0.3) is 10.9 Å². The average molecular weight is 531 g/mol. The van der Waals surface area contributed by atoms with Gasteiger partial charge in [0.2, 0.25) is 5.91 Å². The van der Waals surface area contributed by atoms with E-state index in [4.69, 9.17) is 0 Å². The van der Waals surface area contributed by atoms with E-state index in [0.717, 1.165) is 28.0 Å². The number of carbonyl (C=O) groups excluding carboxylic acids is 2. The maximum atomic E-state index is 13.5. The summed E-state index contributed by atoms with van der Waals surface area (Å²) in [4.78, 5) is 26.6. The number of rotatable bonds is 11. The first-order valence-corrected chi connectivity index (χ1v) is 14.2. The number of nitriles is 1.